The SMILES string of the molecule is CC(C)(CC[N+](C)(C)CC(O)CO)N(Cl)Cl. The minimum Gasteiger partial charge on any atom is -0.393 e. The molecule has 0 aliphatic rings. The Morgan fingerprint density at radius 2 is 1.81 bits per heavy atom. The van der Waals surface area contributed by atoms with Crippen LogP contribution < -0.4 is 0 Å². The second-order valence-corrected chi connectivity index (χ2v) is 6.32. The first kappa shape index (κ1) is 16.4. The monoisotopic (exact) mass is 273 g/mol. The summed E-state index contributed by atoms with van der Waals surface area (Å²) in [5.74, 6) is 0. The Kier molecular flexibility index (Phi) is 6.55. The number of likely N-dealkylation sites (N-methyl/N-ethyl adjacent to an activating group) is 1. The van der Waals surface area contributed by atoms with Crippen LogP contribution >= 0.6 is 23.6 Å². The second kappa shape index (κ2) is 6.38. The molecule has 0 aromatic heterocycles. The number of hydrogen-bond donors (Lipinski definition) is 2. The van der Waals surface area contributed by atoms with E-state index in [2.05, 4.69) is 0 Å². The molecule has 0 amide bonds. The van der Waals surface area contributed by atoms with Gasteiger partial charge in [-0.05, 0) is 37.4 Å². The van der Waals surface area contributed by atoms with E-state index in [1.807, 2.05) is 27.9 Å². The van der Waals surface area contributed by atoms with Crippen molar-refractivity contribution in [2.24, 2.45) is 0 Å². The van der Waals surface area contributed by atoms with Gasteiger partial charge in [-0.3, -0.25) is 0 Å². The van der Waals surface area contributed by atoms with Crippen molar-refractivity contribution >= 4 is 23.6 Å². The van der Waals surface area contributed by atoms with Crippen LogP contribution in [0.1, 0.15) is 20.3 Å². The van der Waals surface area contributed by atoms with E-state index in [0.29, 0.717) is 11.0 Å². The number of aliphatic hydroxyl groups is 2. The fourth-order valence-corrected chi connectivity index (χ4v) is 1.55. The summed E-state index contributed by atoms with van der Waals surface area (Å²) >= 11 is 11.5. The van der Waals surface area contributed by atoms with Crippen LogP contribution in [-0.2, 0) is 0 Å². The lowest BCUT2D eigenvalue weighted by Gasteiger charge is -2.35. The van der Waals surface area contributed by atoms with Crippen molar-refractivity contribution in [2.45, 2.75) is 31.9 Å². The average Bonchev–Trinajstić information content (AvgIpc) is 2.14. The Morgan fingerprint density at radius 3 is 2.19 bits per heavy atom. The smallest absolute Gasteiger partial charge is 0.126 e. The lowest BCUT2D eigenvalue weighted by molar-refractivity contribution is -0.894. The maximum Gasteiger partial charge on any atom is 0.126 e. The molecule has 98 valence electrons. The molecule has 0 fully saturated rings. The fourth-order valence-electron chi connectivity index (χ4n) is 1.38. The first-order valence-electron chi connectivity index (χ1n) is 5.33. The van der Waals surface area contributed by atoms with Crippen LogP contribution in [-0.4, -0.2) is 64.1 Å². The molecule has 0 radical (unpaired) electrons. The Bertz CT molecular complexity index is 211. The van der Waals surface area contributed by atoms with Gasteiger partial charge >= 0.3 is 0 Å². The van der Waals surface area contributed by atoms with Crippen molar-refractivity contribution in [1.29, 1.82) is 0 Å². The normalized spacial score (nSPS) is 15.6. The van der Waals surface area contributed by atoms with Crippen molar-refractivity contribution in [3.05, 3.63) is 0 Å². The number of halogens is 2. The van der Waals surface area contributed by atoms with Crippen LogP contribution in [0.15, 0.2) is 0 Å². The maximum atomic E-state index is 9.40. The molecule has 16 heavy (non-hydrogen) atoms. The van der Waals surface area contributed by atoms with Crippen molar-refractivity contribution in [2.75, 3.05) is 33.8 Å². The molecule has 1 unspecified atom stereocenters. The number of quaternary nitrogens is 1. The minimum atomic E-state index is -0.679. The predicted molar refractivity (Wildman–Crippen MR) is 67.2 cm³/mol. The largest absolute Gasteiger partial charge is 0.393 e. The second-order valence-electron chi connectivity index (χ2n) is 5.47. The summed E-state index contributed by atoms with van der Waals surface area (Å²) in [7, 11) is 4.00. The van der Waals surface area contributed by atoms with Gasteiger partial charge in [-0.25, -0.2) is 0 Å². The molecule has 2 N–H and O–H groups in total. The maximum absolute atomic E-state index is 9.40. The van der Waals surface area contributed by atoms with Gasteiger partial charge in [0.25, 0.3) is 0 Å². The molecule has 0 rings (SSSR count). The fraction of sp³-hybridized carbons (Fsp3) is 1.00. The van der Waals surface area contributed by atoms with Crippen LogP contribution in [0.5, 0.6) is 0 Å². The van der Waals surface area contributed by atoms with Gasteiger partial charge in [-0.2, -0.15) is 0 Å². The van der Waals surface area contributed by atoms with Crippen molar-refractivity contribution in [3.8, 4) is 0 Å². The quantitative estimate of drug-likeness (QED) is 0.541. The molecule has 0 saturated heterocycles. The summed E-state index contributed by atoms with van der Waals surface area (Å²) in [6.45, 7) is 5.03. The third-order valence-electron chi connectivity index (χ3n) is 2.70. The van der Waals surface area contributed by atoms with Crippen molar-refractivity contribution < 1.29 is 14.7 Å². The average molecular weight is 274 g/mol. The summed E-state index contributed by atoms with van der Waals surface area (Å²) in [6, 6.07) is 0. The Balaban J connectivity index is 4.18. The standard InChI is InChI=1S/C10H23Cl2N2O2/c1-10(2,13(11)12)5-6-14(3,4)7-9(16)8-15/h9,15-16H,5-8H2,1-4H3/q+1. The molecule has 0 aromatic carbocycles. The molecule has 0 aromatic rings. The molecule has 1 atom stereocenters. The first-order chi connectivity index (χ1) is 7.10. The van der Waals surface area contributed by atoms with Gasteiger partial charge in [0.15, 0.2) is 0 Å². The zero-order valence-electron chi connectivity index (χ0n) is 10.5. The van der Waals surface area contributed by atoms with E-state index < -0.39 is 6.10 Å². The molecule has 0 spiro atoms. The Hall–Kier alpha value is 0.420. The minimum absolute atomic E-state index is 0.206. The van der Waals surface area contributed by atoms with Gasteiger partial charge in [0.05, 0.1) is 32.8 Å². The highest BCUT2D eigenvalue weighted by molar-refractivity contribution is 6.34. The van der Waals surface area contributed by atoms with Gasteiger partial charge in [0.2, 0.25) is 0 Å². The van der Waals surface area contributed by atoms with Gasteiger partial charge < -0.3 is 14.7 Å². The highest BCUT2D eigenvalue weighted by atomic mass is 35.5. The summed E-state index contributed by atoms with van der Waals surface area (Å²) in [4.78, 5) is 0. The molecule has 4 nitrogen and oxygen atoms in total. The molecule has 0 bridgehead atoms. The summed E-state index contributed by atoms with van der Waals surface area (Å²) in [6.07, 6.45) is 0.117. The molecular formula is C10H23Cl2N2O2+. The summed E-state index contributed by atoms with van der Waals surface area (Å²) < 4.78 is 1.78. The van der Waals surface area contributed by atoms with E-state index in [1.165, 1.54) is 0 Å². The van der Waals surface area contributed by atoms with E-state index >= 15 is 0 Å². The van der Waals surface area contributed by atoms with Crippen molar-refractivity contribution in [3.63, 3.8) is 0 Å². The third kappa shape index (κ3) is 6.23. The van der Waals surface area contributed by atoms with Gasteiger partial charge in [0.1, 0.15) is 12.6 Å². The Morgan fingerprint density at radius 1 is 1.31 bits per heavy atom. The predicted octanol–water partition coefficient (Wildman–Crippen LogP) is 1.19. The topological polar surface area (TPSA) is 43.7 Å². The molecule has 0 aliphatic carbocycles. The van der Waals surface area contributed by atoms with Crippen LogP contribution in [0.4, 0.5) is 0 Å². The molecule has 6 heteroatoms. The Labute approximate surface area is 108 Å². The first-order valence-corrected chi connectivity index (χ1v) is 6.01. The lowest BCUT2D eigenvalue weighted by atomic mass is 10.0. The van der Waals surface area contributed by atoms with E-state index in [4.69, 9.17) is 28.7 Å². The molecular weight excluding hydrogens is 251 g/mol. The number of hydrogen-bond acceptors (Lipinski definition) is 3. The van der Waals surface area contributed by atoms with E-state index in [9.17, 15) is 5.11 Å². The zero-order chi connectivity index (χ0) is 13.0. The zero-order valence-corrected chi connectivity index (χ0v) is 12.0. The number of rotatable bonds is 7. The van der Waals surface area contributed by atoms with Crippen LogP contribution in [0.25, 0.3) is 0 Å². The van der Waals surface area contributed by atoms with E-state index in [1.54, 1.807) is 0 Å². The third-order valence-corrected chi connectivity index (χ3v) is 3.62. The lowest BCUT2D eigenvalue weighted by Crippen LogP contribution is -2.49. The van der Waals surface area contributed by atoms with E-state index in [-0.39, 0.29) is 12.1 Å². The highest BCUT2D eigenvalue weighted by Gasteiger charge is 2.29. The summed E-state index contributed by atoms with van der Waals surface area (Å²) in [5.41, 5.74) is -0.303. The van der Waals surface area contributed by atoms with Crippen LogP contribution in [0.2, 0.25) is 0 Å². The van der Waals surface area contributed by atoms with Gasteiger partial charge in [0, 0.05) is 6.42 Å². The number of nitrogens with zero attached hydrogens (tertiary/aromatic N) is 2. The van der Waals surface area contributed by atoms with Crippen LogP contribution in [0.3, 0.4) is 0 Å². The van der Waals surface area contributed by atoms with Gasteiger partial charge in [-0.15, -0.1) is 3.94 Å². The van der Waals surface area contributed by atoms with E-state index in [0.717, 1.165) is 16.9 Å². The molecule has 0 aliphatic heterocycles. The molecule has 0 saturated carbocycles. The van der Waals surface area contributed by atoms with Crippen molar-refractivity contribution in [1.82, 2.24) is 3.94 Å². The highest BCUT2D eigenvalue weighted by Crippen LogP contribution is 2.24. The van der Waals surface area contributed by atoms with Crippen LogP contribution in [0, 0.1) is 0 Å². The molecule has 0 heterocycles. The summed E-state index contributed by atoms with van der Waals surface area (Å²) in [5, 5.41) is 18.2. The number of aliphatic hydroxyl groups excluding tert-OH is 2. The van der Waals surface area contributed by atoms with Gasteiger partial charge in [-0.1, -0.05) is 0 Å².